The highest BCUT2D eigenvalue weighted by Gasteiger charge is 2.51. The Balaban J connectivity index is 1.29. The number of amides is 3. The summed E-state index contributed by atoms with van der Waals surface area (Å²) in [6.07, 6.45) is -0.437. The third-order valence-electron chi connectivity index (χ3n) is 12.0. The Morgan fingerprint density at radius 3 is 1.87 bits per heavy atom. The normalized spacial score (nSPS) is 17.5. The van der Waals surface area contributed by atoms with E-state index in [2.05, 4.69) is 10.6 Å². The van der Waals surface area contributed by atoms with Crippen LogP contribution in [0.5, 0.6) is 11.5 Å². The van der Waals surface area contributed by atoms with Crippen molar-refractivity contribution in [2.45, 2.75) is 122 Å². The number of nitrogens with zero attached hydrogens (tertiary/aromatic N) is 2. The smallest absolute Gasteiger partial charge is 0.303 e. The van der Waals surface area contributed by atoms with E-state index in [0.717, 1.165) is 30.5 Å². The van der Waals surface area contributed by atoms with Crippen molar-refractivity contribution >= 4 is 44.2 Å². The number of hydrogen-bond acceptors (Lipinski definition) is 18. The Morgan fingerprint density at radius 2 is 1.28 bits per heavy atom. The van der Waals surface area contributed by atoms with Crippen LogP contribution in [0.25, 0.3) is 0 Å². The van der Waals surface area contributed by atoms with Crippen molar-refractivity contribution in [3.05, 3.63) is 95.6 Å². The number of nitrogens with one attached hydrogen (secondary N) is 2. The SMILES string of the molecule is COc1ccc(C(OCCN(CCOP(N)OCCC#N)C(=O)CCCCCNC(=O)CCCCCOC2OC(COC(C)=O)C(OC(C)=O)C(OC(C)=O)C2NC(C)=O)(c2ccccc2)c2ccc(OC)cc2)cc1. The summed E-state index contributed by atoms with van der Waals surface area (Å²) in [5.74, 6) is -1.37. The van der Waals surface area contributed by atoms with E-state index < -0.39 is 68.6 Å². The highest BCUT2D eigenvalue weighted by molar-refractivity contribution is 7.44. The zero-order valence-corrected chi connectivity index (χ0v) is 45.3. The minimum absolute atomic E-state index is 0.102. The number of unbranched alkanes of at least 4 members (excludes halogenated alkanes) is 4. The average Bonchev–Trinajstić information content (AvgIpc) is 3.42. The Labute approximate surface area is 446 Å². The van der Waals surface area contributed by atoms with Gasteiger partial charge in [-0.2, -0.15) is 5.26 Å². The van der Waals surface area contributed by atoms with Crippen molar-refractivity contribution in [3.8, 4) is 17.6 Å². The van der Waals surface area contributed by atoms with Crippen LogP contribution in [0, 0.1) is 11.3 Å². The Kier molecular flexibility index (Phi) is 27.6. The number of benzene rings is 3. The lowest BCUT2D eigenvalue weighted by atomic mass is 9.80. The van der Waals surface area contributed by atoms with Crippen molar-refractivity contribution in [1.29, 1.82) is 5.26 Å². The fourth-order valence-corrected chi connectivity index (χ4v) is 9.06. The van der Waals surface area contributed by atoms with E-state index in [0.29, 0.717) is 56.6 Å². The van der Waals surface area contributed by atoms with Gasteiger partial charge in [0.05, 0.1) is 46.5 Å². The van der Waals surface area contributed by atoms with Crippen LogP contribution in [0.2, 0.25) is 0 Å². The lowest BCUT2D eigenvalue weighted by Gasteiger charge is -2.44. The van der Waals surface area contributed by atoms with Gasteiger partial charge in [-0.1, -0.05) is 67.4 Å². The summed E-state index contributed by atoms with van der Waals surface area (Å²) in [5, 5.41) is 14.5. The fraction of sp³-hybridized carbons (Fsp3) is 0.537. The Morgan fingerprint density at radius 1 is 0.697 bits per heavy atom. The van der Waals surface area contributed by atoms with E-state index in [-0.39, 0.29) is 77.2 Å². The molecule has 21 nitrogen and oxygen atoms in total. The summed E-state index contributed by atoms with van der Waals surface area (Å²) in [5.41, 5.74) is 7.52. The molecule has 4 N–H and O–H groups in total. The first-order chi connectivity index (χ1) is 36.6. The second-order valence-corrected chi connectivity index (χ2v) is 18.7. The third kappa shape index (κ3) is 20.7. The van der Waals surface area contributed by atoms with Gasteiger partial charge in [0, 0.05) is 66.8 Å². The molecule has 3 amide bonds. The maximum Gasteiger partial charge on any atom is 0.303 e. The summed E-state index contributed by atoms with van der Waals surface area (Å²) in [6, 6.07) is 26.2. The molecule has 0 aliphatic carbocycles. The van der Waals surface area contributed by atoms with Crippen molar-refractivity contribution in [2.75, 3.05) is 66.9 Å². The molecule has 22 heteroatoms. The van der Waals surface area contributed by atoms with Crippen LogP contribution in [-0.4, -0.2) is 138 Å². The second-order valence-electron chi connectivity index (χ2n) is 17.7. The summed E-state index contributed by atoms with van der Waals surface area (Å²) in [7, 11) is 1.47. The van der Waals surface area contributed by atoms with Crippen LogP contribution in [-0.2, 0) is 71.8 Å². The molecule has 4 rings (SSSR count). The molecule has 6 unspecified atom stereocenters. The monoisotopic (exact) mass is 1080 g/mol. The number of carbonyl (C=O) groups is 6. The molecule has 76 heavy (non-hydrogen) atoms. The van der Waals surface area contributed by atoms with Gasteiger partial charge in [0.1, 0.15) is 35.9 Å². The molecule has 6 atom stereocenters. The summed E-state index contributed by atoms with van der Waals surface area (Å²) in [4.78, 5) is 76.4. The molecule has 3 aromatic carbocycles. The number of hydrogen-bond donors (Lipinski definition) is 3. The molecule has 1 heterocycles. The van der Waals surface area contributed by atoms with E-state index in [1.54, 1.807) is 19.1 Å². The first-order valence-corrected chi connectivity index (χ1v) is 26.6. The summed E-state index contributed by atoms with van der Waals surface area (Å²) in [6.45, 7) is 5.82. The van der Waals surface area contributed by atoms with Crippen LogP contribution >= 0.6 is 8.53 Å². The maximum absolute atomic E-state index is 13.9. The quantitative estimate of drug-likeness (QED) is 0.0207. The molecule has 416 valence electrons. The lowest BCUT2D eigenvalue weighted by Crippen LogP contribution is -2.66. The van der Waals surface area contributed by atoms with E-state index in [1.165, 1.54) is 13.8 Å². The van der Waals surface area contributed by atoms with Gasteiger partial charge in [-0.05, 0) is 66.6 Å². The zero-order chi connectivity index (χ0) is 55.3. The molecule has 1 aliphatic rings. The van der Waals surface area contributed by atoms with Gasteiger partial charge >= 0.3 is 17.9 Å². The molecule has 0 bridgehead atoms. The number of rotatable bonds is 34. The van der Waals surface area contributed by atoms with Crippen molar-refractivity contribution in [2.24, 2.45) is 5.50 Å². The largest absolute Gasteiger partial charge is 0.497 e. The van der Waals surface area contributed by atoms with E-state index in [9.17, 15) is 28.8 Å². The van der Waals surface area contributed by atoms with Crippen molar-refractivity contribution < 1.29 is 75.7 Å². The highest BCUT2D eigenvalue weighted by atomic mass is 31.2. The van der Waals surface area contributed by atoms with Gasteiger partial charge in [-0.3, -0.25) is 34.3 Å². The number of nitriles is 1. The Hall–Kier alpha value is -6.24. The molecule has 3 aromatic rings. The molecular weight excluding hydrogens is 1010 g/mol. The van der Waals surface area contributed by atoms with Crippen molar-refractivity contribution in [1.82, 2.24) is 15.5 Å². The van der Waals surface area contributed by atoms with E-state index in [4.69, 9.17) is 57.7 Å². The molecule has 1 aliphatic heterocycles. The molecule has 1 saturated heterocycles. The number of nitrogens with two attached hydrogens (primary N) is 1. The lowest BCUT2D eigenvalue weighted by molar-refractivity contribution is -0.277. The van der Waals surface area contributed by atoms with Gasteiger partial charge in [0.15, 0.2) is 18.5 Å². The number of methoxy groups -OCH3 is 2. The standard InChI is InChI=1S/C54H74N5O16P/c1-38(60)58-50-52(74-41(4)63)51(73-40(3)62)47(37-69-39(2)61)75-53(50)68-33-15-9-12-19-48(64)57-30-14-8-13-20-49(65)59(32-36-72-76(56)71-34-16-29-55)31-35-70-54(42-17-10-7-11-18-42,43-21-25-45(66-5)26-22-43)44-23-27-46(67-6)28-24-44/h7,10-11,17-18,21-28,47,50-53H,8-9,12-16,19-20,30-37,56H2,1-6H3,(H,57,64)(H,58,60). The number of ether oxygens (including phenoxy) is 8. The molecule has 1 fully saturated rings. The van der Waals surface area contributed by atoms with Crippen LogP contribution < -0.4 is 25.6 Å². The van der Waals surface area contributed by atoms with Crippen LogP contribution in [0.4, 0.5) is 0 Å². The molecule has 0 aromatic heterocycles. The third-order valence-corrected chi connectivity index (χ3v) is 12.9. The van der Waals surface area contributed by atoms with Gasteiger partial charge in [0.2, 0.25) is 17.7 Å². The first-order valence-electron chi connectivity index (χ1n) is 25.3. The molecule has 0 spiro atoms. The van der Waals surface area contributed by atoms with Gasteiger partial charge in [-0.15, -0.1) is 0 Å². The maximum atomic E-state index is 13.9. The van der Waals surface area contributed by atoms with Crippen LogP contribution in [0.1, 0.15) is 102 Å². The fourth-order valence-electron chi connectivity index (χ4n) is 8.45. The number of esters is 3. The van der Waals surface area contributed by atoms with Crippen LogP contribution in [0.15, 0.2) is 78.9 Å². The molecule has 0 saturated carbocycles. The minimum Gasteiger partial charge on any atom is -0.497 e. The van der Waals surface area contributed by atoms with E-state index in [1.807, 2.05) is 84.9 Å². The highest BCUT2D eigenvalue weighted by Crippen LogP contribution is 2.42. The Bertz CT molecular complexity index is 2260. The molecular formula is C54H74N5O16P. The second kappa shape index (κ2) is 33.7. The predicted molar refractivity (Wildman–Crippen MR) is 278 cm³/mol. The summed E-state index contributed by atoms with van der Waals surface area (Å²) >= 11 is 0. The van der Waals surface area contributed by atoms with E-state index >= 15 is 0 Å². The van der Waals surface area contributed by atoms with Crippen LogP contribution in [0.3, 0.4) is 0 Å². The average molecular weight is 1080 g/mol. The number of carbonyl (C=O) groups excluding carboxylic acids is 6. The summed E-state index contributed by atoms with van der Waals surface area (Å²) < 4.78 is 57.3. The van der Waals surface area contributed by atoms with Gasteiger partial charge < -0.3 is 62.5 Å². The minimum atomic E-state index is -1.75. The zero-order valence-electron chi connectivity index (χ0n) is 44.4. The topological polar surface area (TPSA) is 272 Å². The first kappa shape index (κ1) is 62.3. The van der Waals surface area contributed by atoms with Gasteiger partial charge in [-0.25, -0.2) is 0 Å². The van der Waals surface area contributed by atoms with Gasteiger partial charge in [0.25, 0.3) is 8.53 Å². The van der Waals surface area contributed by atoms with Crippen molar-refractivity contribution in [3.63, 3.8) is 0 Å². The molecule has 0 radical (unpaired) electrons. The predicted octanol–water partition coefficient (Wildman–Crippen LogP) is 5.88.